The van der Waals surface area contributed by atoms with Crippen LogP contribution in [0.2, 0.25) is 0 Å². The Morgan fingerprint density at radius 3 is 2.61 bits per heavy atom. The molecule has 0 unspecified atom stereocenters. The molecule has 1 aliphatic heterocycles. The Morgan fingerprint density at radius 2 is 1.86 bits per heavy atom. The number of hydrogen-bond donors (Lipinski definition) is 1. The van der Waals surface area contributed by atoms with Gasteiger partial charge in [-0.25, -0.2) is 4.79 Å². The molecule has 0 radical (unpaired) electrons. The molecular weight excluding hydrogens is 430 g/mol. The normalized spacial score (nSPS) is 13.5. The van der Waals surface area contributed by atoms with Gasteiger partial charge in [-0.05, 0) is 36.8 Å². The van der Waals surface area contributed by atoms with Gasteiger partial charge in [0.1, 0.15) is 30.8 Å². The Labute approximate surface area is 170 Å². The predicted octanol–water partition coefficient (Wildman–Crippen LogP) is -1.23. The average Bonchev–Trinajstić information content (AvgIpc) is 2.68. The van der Waals surface area contributed by atoms with Gasteiger partial charge in [0.25, 0.3) is 0 Å². The first-order valence-corrected chi connectivity index (χ1v) is 8.53. The molecule has 1 atom stereocenters. The van der Waals surface area contributed by atoms with E-state index >= 15 is 0 Å². The molecule has 0 aliphatic carbocycles. The van der Waals surface area contributed by atoms with Crippen LogP contribution >= 0.6 is 0 Å². The summed E-state index contributed by atoms with van der Waals surface area (Å²) in [6.45, 7) is 2.61. The molecule has 0 spiro atoms. The Hall–Kier alpha value is -2.84. The molecule has 7 nitrogen and oxygen atoms in total. The van der Waals surface area contributed by atoms with Gasteiger partial charge in [0.15, 0.2) is 23.0 Å². The largest absolute Gasteiger partial charge is 1.00 e. The van der Waals surface area contributed by atoms with E-state index in [0.717, 1.165) is 0 Å². The van der Waals surface area contributed by atoms with Crippen molar-refractivity contribution in [2.24, 2.45) is 0 Å². The predicted molar refractivity (Wildman–Crippen MR) is 96.9 cm³/mol. The van der Waals surface area contributed by atoms with Gasteiger partial charge in [0.2, 0.25) is 0 Å². The minimum atomic E-state index is -0.495. The molecule has 0 amide bonds. The molecule has 0 saturated heterocycles. The van der Waals surface area contributed by atoms with Crippen molar-refractivity contribution in [3.05, 3.63) is 52.9 Å². The van der Waals surface area contributed by atoms with E-state index in [9.17, 15) is 9.59 Å². The fourth-order valence-corrected chi connectivity index (χ4v) is 2.80. The molecule has 4 rings (SSSR count). The van der Waals surface area contributed by atoms with Crippen LogP contribution in [-0.2, 0) is 4.79 Å². The van der Waals surface area contributed by atoms with Crippen molar-refractivity contribution in [3.8, 4) is 28.4 Å². The van der Waals surface area contributed by atoms with Crippen molar-refractivity contribution in [2.45, 2.75) is 13.0 Å². The van der Waals surface area contributed by atoms with Gasteiger partial charge in [0.05, 0.1) is 10.9 Å². The second-order valence-corrected chi connectivity index (χ2v) is 6.32. The van der Waals surface area contributed by atoms with Crippen molar-refractivity contribution in [3.63, 3.8) is 0 Å². The third kappa shape index (κ3) is 3.74. The summed E-state index contributed by atoms with van der Waals surface area (Å²) in [5.41, 5.74) is 4.86. The summed E-state index contributed by atoms with van der Waals surface area (Å²) >= 11 is 0. The molecule has 2 aromatic carbocycles. The molecule has 0 bridgehead atoms. The summed E-state index contributed by atoms with van der Waals surface area (Å²) in [5, 5.41) is 0.393. The quantitative estimate of drug-likeness (QED) is 0.398. The highest BCUT2D eigenvalue weighted by Crippen LogP contribution is 2.34. The molecule has 1 aromatic heterocycles. The molecule has 1 aliphatic rings. The lowest BCUT2D eigenvalue weighted by molar-refractivity contribution is -0.401. The van der Waals surface area contributed by atoms with E-state index in [2.05, 4.69) is 5.73 Å². The van der Waals surface area contributed by atoms with Crippen molar-refractivity contribution in [1.29, 1.82) is 0 Å². The van der Waals surface area contributed by atoms with Gasteiger partial charge in [-0.3, -0.25) is 4.79 Å². The summed E-state index contributed by atoms with van der Waals surface area (Å²) in [4.78, 5) is 24.6. The third-order valence-electron chi connectivity index (χ3n) is 4.22. The zero-order chi connectivity index (χ0) is 19.0. The van der Waals surface area contributed by atoms with Crippen molar-refractivity contribution in [2.75, 3.05) is 13.2 Å². The number of carbonyl (C=O) groups is 1. The second kappa shape index (κ2) is 8.04. The van der Waals surface area contributed by atoms with Crippen molar-refractivity contribution < 1.29 is 46.1 Å². The lowest BCUT2D eigenvalue weighted by atomic mass is 10.0. The fourth-order valence-electron chi connectivity index (χ4n) is 2.80. The van der Waals surface area contributed by atoms with Crippen LogP contribution in [0, 0.1) is 0 Å². The maximum absolute atomic E-state index is 12.9. The molecule has 28 heavy (non-hydrogen) atoms. The maximum Gasteiger partial charge on any atom is 0.369 e. The van der Waals surface area contributed by atoms with Crippen LogP contribution in [0.3, 0.4) is 0 Å². The van der Waals surface area contributed by atoms with Crippen LogP contribution in [0.5, 0.6) is 17.2 Å². The topological polar surface area (TPSA) is 103 Å². The Kier molecular flexibility index (Phi) is 5.71. The minimum absolute atomic E-state index is 0. The summed E-state index contributed by atoms with van der Waals surface area (Å²) in [6, 6.07) is 9.49. The number of benzene rings is 2. The first-order valence-electron chi connectivity index (χ1n) is 8.53. The fraction of sp³-hybridized carbons (Fsp3) is 0.200. The summed E-state index contributed by atoms with van der Waals surface area (Å²) < 4.78 is 21.9. The van der Waals surface area contributed by atoms with Gasteiger partial charge in [-0.1, -0.05) is 6.07 Å². The molecule has 146 valence electrons. The number of ether oxygens (including phenoxy) is 3. The zero-order valence-electron chi connectivity index (χ0n) is 15.1. The molecule has 3 aromatic rings. The Morgan fingerprint density at radius 1 is 1.11 bits per heavy atom. The molecular formula is C20H18BrNO6. The van der Waals surface area contributed by atoms with E-state index in [1.54, 1.807) is 37.3 Å². The first kappa shape index (κ1) is 19.9. The van der Waals surface area contributed by atoms with Crippen LogP contribution < -0.4 is 42.4 Å². The van der Waals surface area contributed by atoms with Gasteiger partial charge in [0, 0.05) is 6.07 Å². The number of fused-ring (bicyclic) bond motifs is 2. The monoisotopic (exact) mass is 447 g/mol. The van der Waals surface area contributed by atoms with E-state index < -0.39 is 12.0 Å². The van der Waals surface area contributed by atoms with Crippen LogP contribution in [-0.4, -0.2) is 25.2 Å². The van der Waals surface area contributed by atoms with E-state index in [1.807, 2.05) is 0 Å². The zero-order valence-corrected chi connectivity index (χ0v) is 16.7. The standard InChI is InChI=1S/C20H17NO6.BrH/c1-11(21)20(23)27-13-3-4-14-17(9-13)26-10-15(19(14)22)12-2-5-16-18(8-12)25-7-6-24-16;/h2-5,8-11H,6-7,21H2,1H3;1H/t11-;/m1./s1. The molecule has 0 saturated carbocycles. The third-order valence-corrected chi connectivity index (χ3v) is 4.22. The van der Waals surface area contributed by atoms with E-state index in [4.69, 9.17) is 18.6 Å². The van der Waals surface area contributed by atoms with Crippen molar-refractivity contribution in [1.82, 2.24) is 0 Å². The summed E-state index contributed by atoms with van der Waals surface area (Å²) in [6.07, 6.45) is 1.39. The summed E-state index contributed by atoms with van der Waals surface area (Å²) in [7, 11) is 0. The number of carbonyl (C=O) groups excluding carboxylic acids is 1. The number of halogens is 1. The SMILES string of the molecule is C[C@@H]([NH3+])C(=O)Oc1ccc2c(=O)c(-c3ccc4c(c3)OCCO4)coc2c1.[Br-]. The molecule has 3 N–H and O–H groups in total. The highest BCUT2D eigenvalue weighted by Gasteiger charge is 2.17. The van der Waals surface area contributed by atoms with Crippen LogP contribution in [0.15, 0.2) is 51.9 Å². The molecule has 2 heterocycles. The number of hydrogen-bond acceptors (Lipinski definition) is 6. The maximum atomic E-state index is 12.9. The molecule has 0 fully saturated rings. The molecule has 8 heteroatoms. The Bertz CT molecular complexity index is 1090. The van der Waals surface area contributed by atoms with E-state index in [-0.39, 0.29) is 22.4 Å². The van der Waals surface area contributed by atoms with E-state index in [0.29, 0.717) is 52.6 Å². The lowest BCUT2D eigenvalue weighted by Gasteiger charge is -2.18. The number of esters is 1. The van der Waals surface area contributed by atoms with Gasteiger partial charge in [-0.15, -0.1) is 0 Å². The van der Waals surface area contributed by atoms with Crippen LogP contribution in [0.4, 0.5) is 0 Å². The highest BCUT2D eigenvalue weighted by atomic mass is 79.9. The number of rotatable bonds is 3. The second-order valence-electron chi connectivity index (χ2n) is 6.32. The minimum Gasteiger partial charge on any atom is -1.00 e. The smallest absolute Gasteiger partial charge is 0.369 e. The summed E-state index contributed by atoms with van der Waals surface area (Å²) in [5.74, 6) is 1.10. The van der Waals surface area contributed by atoms with E-state index in [1.165, 1.54) is 12.3 Å². The average molecular weight is 448 g/mol. The van der Waals surface area contributed by atoms with Crippen molar-refractivity contribution >= 4 is 16.9 Å². The number of quaternary nitrogens is 1. The van der Waals surface area contributed by atoms with Crippen LogP contribution in [0.25, 0.3) is 22.1 Å². The van der Waals surface area contributed by atoms with Gasteiger partial charge in [-0.2, -0.15) is 0 Å². The first-order chi connectivity index (χ1) is 13.0. The highest BCUT2D eigenvalue weighted by molar-refractivity contribution is 5.84. The lowest BCUT2D eigenvalue weighted by Crippen LogP contribution is -3.00. The van der Waals surface area contributed by atoms with Gasteiger partial charge < -0.3 is 41.3 Å². The van der Waals surface area contributed by atoms with Crippen LogP contribution in [0.1, 0.15) is 6.92 Å². The Balaban J connectivity index is 0.00000225. The van der Waals surface area contributed by atoms with Gasteiger partial charge >= 0.3 is 5.97 Å².